The molecule has 1 aromatic rings. The average molecular weight is 388 g/mol. The summed E-state index contributed by atoms with van der Waals surface area (Å²) in [5, 5.41) is 15.6. The first-order chi connectivity index (χ1) is 13.4. The molecule has 2 bridgehead atoms. The number of fused-ring (bicyclic) bond motifs is 4. The number of methoxy groups -OCH3 is 1. The number of aliphatic hydroxyl groups excluding tert-OH is 1. The van der Waals surface area contributed by atoms with Crippen LogP contribution in [-0.2, 0) is 20.9 Å². The van der Waals surface area contributed by atoms with Crippen molar-refractivity contribution in [3.05, 3.63) is 23.8 Å². The molecule has 28 heavy (non-hydrogen) atoms. The van der Waals surface area contributed by atoms with E-state index in [9.17, 15) is 14.7 Å². The highest BCUT2D eigenvalue weighted by Gasteiger charge is 2.53. The normalized spacial score (nSPS) is 30.6. The molecule has 1 aliphatic heterocycles. The molecule has 0 spiro atoms. The van der Waals surface area contributed by atoms with Crippen LogP contribution < -0.4 is 15.4 Å². The van der Waals surface area contributed by atoms with Crippen LogP contribution in [0.4, 0.5) is 5.69 Å². The fourth-order valence-corrected chi connectivity index (χ4v) is 4.97. The van der Waals surface area contributed by atoms with Crippen LogP contribution in [0.25, 0.3) is 0 Å². The molecular weight excluding hydrogens is 360 g/mol. The molecule has 3 aliphatic carbocycles. The Bertz CT molecular complexity index is 754. The van der Waals surface area contributed by atoms with E-state index >= 15 is 0 Å². The molecule has 1 aromatic carbocycles. The lowest BCUT2D eigenvalue weighted by Crippen LogP contribution is -2.47. The largest absolute Gasteiger partial charge is 0.487 e. The predicted octanol–water partition coefficient (Wildman–Crippen LogP) is 2.33. The van der Waals surface area contributed by atoms with Crippen molar-refractivity contribution in [2.75, 3.05) is 19.0 Å². The summed E-state index contributed by atoms with van der Waals surface area (Å²) in [5.41, 5.74) is 1.40. The van der Waals surface area contributed by atoms with Crippen molar-refractivity contribution < 1.29 is 24.2 Å². The number of esters is 1. The first-order valence-corrected chi connectivity index (χ1v) is 9.99. The number of hydrogen-bond acceptors (Lipinski definition) is 6. The molecule has 1 atom stereocenters. The van der Waals surface area contributed by atoms with Gasteiger partial charge in [-0.15, -0.1) is 0 Å². The van der Waals surface area contributed by atoms with Crippen LogP contribution >= 0.6 is 0 Å². The molecule has 3 fully saturated rings. The number of anilines is 1. The van der Waals surface area contributed by atoms with E-state index in [0.717, 1.165) is 49.8 Å². The minimum Gasteiger partial charge on any atom is -0.487 e. The van der Waals surface area contributed by atoms with Crippen LogP contribution in [0.5, 0.6) is 5.75 Å². The van der Waals surface area contributed by atoms with Gasteiger partial charge in [-0.2, -0.15) is 0 Å². The second-order valence-corrected chi connectivity index (χ2v) is 8.53. The fourth-order valence-electron chi connectivity index (χ4n) is 4.97. The van der Waals surface area contributed by atoms with E-state index in [4.69, 9.17) is 9.47 Å². The van der Waals surface area contributed by atoms with Gasteiger partial charge in [0.2, 0.25) is 5.91 Å². The summed E-state index contributed by atoms with van der Waals surface area (Å²) in [7, 11) is 1.46. The van der Waals surface area contributed by atoms with Gasteiger partial charge in [0.1, 0.15) is 12.4 Å². The quantitative estimate of drug-likeness (QED) is 0.670. The first-order valence-electron chi connectivity index (χ1n) is 9.99. The summed E-state index contributed by atoms with van der Waals surface area (Å²) >= 11 is 0. The maximum Gasteiger partial charge on any atom is 0.311 e. The maximum atomic E-state index is 12.6. The molecule has 7 nitrogen and oxygen atoms in total. The number of carbonyl (C=O) groups excluding carboxylic acids is 2. The molecule has 1 heterocycles. The minimum atomic E-state index is -0.717. The van der Waals surface area contributed by atoms with E-state index in [1.54, 1.807) is 0 Å². The molecule has 4 aliphatic rings. The number of benzene rings is 1. The molecule has 0 saturated heterocycles. The Balaban J connectivity index is 1.31. The summed E-state index contributed by atoms with van der Waals surface area (Å²) in [5.74, 6) is 0.674. The summed E-state index contributed by atoms with van der Waals surface area (Å²) in [4.78, 5) is 24.7. The highest BCUT2D eigenvalue weighted by molar-refractivity contribution is 5.79. The Morgan fingerprint density at radius 2 is 1.96 bits per heavy atom. The van der Waals surface area contributed by atoms with E-state index in [-0.39, 0.29) is 29.3 Å². The van der Waals surface area contributed by atoms with Gasteiger partial charge in [-0.05, 0) is 61.6 Å². The second-order valence-electron chi connectivity index (χ2n) is 8.53. The van der Waals surface area contributed by atoms with Crippen molar-refractivity contribution in [1.82, 2.24) is 5.32 Å². The highest BCUT2D eigenvalue weighted by Crippen LogP contribution is 2.58. The van der Waals surface area contributed by atoms with Gasteiger partial charge in [0.05, 0.1) is 18.2 Å². The SMILES string of the molecule is COC(=O)C12CCC(CC(=O)NCc3ccc4c(c3)NC(O)CO4)(CC1)CC2. The van der Waals surface area contributed by atoms with E-state index in [2.05, 4.69) is 10.6 Å². The third kappa shape index (κ3) is 3.55. The van der Waals surface area contributed by atoms with E-state index in [0.29, 0.717) is 18.7 Å². The molecule has 0 aromatic heterocycles. The van der Waals surface area contributed by atoms with Crippen molar-refractivity contribution in [3.63, 3.8) is 0 Å². The van der Waals surface area contributed by atoms with E-state index in [1.807, 2.05) is 18.2 Å². The summed E-state index contributed by atoms with van der Waals surface area (Å²) in [6.07, 6.45) is 5.00. The third-order valence-corrected chi connectivity index (χ3v) is 6.81. The summed E-state index contributed by atoms with van der Waals surface area (Å²) in [6.45, 7) is 0.661. The summed E-state index contributed by atoms with van der Waals surface area (Å²) < 4.78 is 10.5. The maximum absolute atomic E-state index is 12.6. The van der Waals surface area contributed by atoms with Gasteiger partial charge in [-0.3, -0.25) is 9.59 Å². The van der Waals surface area contributed by atoms with Crippen LogP contribution in [0.1, 0.15) is 50.5 Å². The highest BCUT2D eigenvalue weighted by atomic mass is 16.5. The Hall–Kier alpha value is -2.28. The average Bonchev–Trinajstić information content (AvgIpc) is 2.72. The minimum absolute atomic E-state index is 0.0230. The lowest BCUT2D eigenvalue weighted by atomic mass is 9.53. The number of nitrogens with one attached hydrogen (secondary N) is 2. The predicted molar refractivity (Wildman–Crippen MR) is 103 cm³/mol. The number of ether oxygens (including phenoxy) is 2. The zero-order valence-corrected chi connectivity index (χ0v) is 16.3. The lowest BCUT2D eigenvalue weighted by Gasteiger charge is -2.51. The van der Waals surface area contributed by atoms with Gasteiger partial charge < -0.3 is 25.2 Å². The number of rotatable bonds is 5. The van der Waals surface area contributed by atoms with Gasteiger partial charge >= 0.3 is 5.97 Å². The zero-order valence-electron chi connectivity index (χ0n) is 16.3. The van der Waals surface area contributed by atoms with Crippen molar-refractivity contribution >= 4 is 17.6 Å². The Morgan fingerprint density at radius 1 is 1.25 bits per heavy atom. The number of aliphatic hydroxyl groups is 1. The molecule has 0 radical (unpaired) electrons. The van der Waals surface area contributed by atoms with Crippen molar-refractivity contribution in [3.8, 4) is 5.75 Å². The number of hydrogen-bond donors (Lipinski definition) is 3. The van der Waals surface area contributed by atoms with E-state index in [1.165, 1.54) is 7.11 Å². The fraction of sp³-hybridized carbons (Fsp3) is 0.619. The van der Waals surface area contributed by atoms with Crippen molar-refractivity contribution in [1.29, 1.82) is 0 Å². The van der Waals surface area contributed by atoms with Gasteiger partial charge in [-0.25, -0.2) is 0 Å². The van der Waals surface area contributed by atoms with Gasteiger partial charge in [0.15, 0.2) is 6.23 Å². The van der Waals surface area contributed by atoms with Crippen molar-refractivity contribution in [2.24, 2.45) is 10.8 Å². The van der Waals surface area contributed by atoms with Crippen LogP contribution in [-0.4, -0.2) is 36.9 Å². The first kappa shape index (κ1) is 19.1. The Labute approximate surface area is 164 Å². The molecule has 152 valence electrons. The van der Waals surface area contributed by atoms with Crippen LogP contribution in [0.2, 0.25) is 0 Å². The smallest absolute Gasteiger partial charge is 0.311 e. The molecule has 3 N–H and O–H groups in total. The molecule has 5 rings (SSSR count). The Morgan fingerprint density at radius 3 is 2.64 bits per heavy atom. The van der Waals surface area contributed by atoms with Gasteiger partial charge in [0, 0.05) is 13.0 Å². The van der Waals surface area contributed by atoms with Crippen LogP contribution in [0.15, 0.2) is 18.2 Å². The third-order valence-electron chi connectivity index (χ3n) is 6.81. The number of amides is 1. The molecule has 3 saturated carbocycles. The van der Waals surface area contributed by atoms with Crippen LogP contribution in [0.3, 0.4) is 0 Å². The van der Waals surface area contributed by atoms with Gasteiger partial charge in [0.25, 0.3) is 0 Å². The van der Waals surface area contributed by atoms with Crippen molar-refractivity contribution in [2.45, 2.75) is 57.7 Å². The molecule has 1 amide bonds. The zero-order chi connectivity index (χ0) is 19.8. The van der Waals surface area contributed by atoms with E-state index < -0.39 is 6.23 Å². The monoisotopic (exact) mass is 388 g/mol. The molecule has 7 heteroatoms. The molecule has 1 unspecified atom stereocenters. The standard InChI is InChI=1S/C21H28N2O5/c1-27-19(26)21-7-4-20(5-8-21,6-9-21)11-17(24)22-12-14-2-3-16-15(10-14)23-18(25)13-28-16/h2-3,10,18,23,25H,4-9,11-13H2,1H3,(H,22,24). The topological polar surface area (TPSA) is 96.9 Å². The Kier molecular flexibility index (Phi) is 4.95. The van der Waals surface area contributed by atoms with Gasteiger partial charge in [-0.1, -0.05) is 6.07 Å². The number of carbonyl (C=O) groups is 2. The summed E-state index contributed by atoms with van der Waals surface area (Å²) in [6, 6.07) is 5.66. The lowest BCUT2D eigenvalue weighted by molar-refractivity contribution is -0.163. The second kappa shape index (κ2) is 7.28. The molecular formula is C21H28N2O5. The van der Waals surface area contributed by atoms with Crippen LogP contribution in [0, 0.1) is 10.8 Å².